The molecule has 24 heavy (non-hydrogen) atoms. The van der Waals surface area contributed by atoms with Gasteiger partial charge in [-0.1, -0.05) is 60.7 Å². The minimum Gasteiger partial charge on any atom is -0.383 e. The Balaban J connectivity index is 0.00000288. The molecule has 1 unspecified atom stereocenters. The van der Waals surface area contributed by atoms with Crippen molar-refractivity contribution in [2.24, 2.45) is 0 Å². The maximum absolute atomic E-state index is 12.2. The number of carbonyl (C=O) groups excluding carboxylic acids is 1. The molecule has 0 saturated heterocycles. The Labute approximate surface area is 150 Å². The molecule has 1 amide bonds. The van der Waals surface area contributed by atoms with E-state index in [2.05, 4.69) is 22.8 Å². The van der Waals surface area contributed by atoms with Crippen LogP contribution in [0.15, 0.2) is 60.7 Å². The van der Waals surface area contributed by atoms with Gasteiger partial charge in [0.25, 0.3) is 0 Å². The number of ether oxygens (including phenoxy) is 1. The van der Waals surface area contributed by atoms with Crippen LogP contribution in [0.5, 0.6) is 0 Å². The van der Waals surface area contributed by atoms with E-state index >= 15 is 0 Å². The highest BCUT2D eigenvalue weighted by Crippen LogP contribution is 2.18. The van der Waals surface area contributed by atoms with Gasteiger partial charge in [-0.05, 0) is 17.5 Å². The molecule has 4 nitrogen and oxygen atoms in total. The topological polar surface area (TPSA) is 50.4 Å². The van der Waals surface area contributed by atoms with Crippen LogP contribution in [0.4, 0.5) is 0 Å². The van der Waals surface area contributed by atoms with Crippen LogP contribution in [0.25, 0.3) is 0 Å². The van der Waals surface area contributed by atoms with E-state index in [4.69, 9.17) is 4.74 Å². The van der Waals surface area contributed by atoms with E-state index in [9.17, 15) is 4.79 Å². The van der Waals surface area contributed by atoms with Crippen molar-refractivity contribution in [3.63, 3.8) is 0 Å². The van der Waals surface area contributed by atoms with Gasteiger partial charge in [-0.15, -0.1) is 12.4 Å². The standard InChI is InChI=1S/C19H24N2O2.ClH/c1-23-13-12-20-15-19(22)21-18(17-10-6-3-7-11-17)14-16-8-4-2-5-9-16;/h2-11,18,20H,12-15H2,1H3,(H,21,22);1H. The summed E-state index contributed by atoms with van der Waals surface area (Å²) in [6.45, 7) is 1.56. The fourth-order valence-electron chi connectivity index (χ4n) is 2.41. The Kier molecular flexibility index (Phi) is 9.77. The number of benzene rings is 2. The van der Waals surface area contributed by atoms with Gasteiger partial charge in [-0.2, -0.15) is 0 Å². The van der Waals surface area contributed by atoms with Gasteiger partial charge in [0.15, 0.2) is 0 Å². The number of hydrogen-bond donors (Lipinski definition) is 2. The molecule has 0 aliphatic carbocycles. The third-order valence-electron chi connectivity index (χ3n) is 3.59. The highest BCUT2D eigenvalue weighted by Gasteiger charge is 2.14. The predicted molar refractivity (Wildman–Crippen MR) is 99.5 cm³/mol. The van der Waals surface area contributed by atoms with E-state index in [1.807, 2.05) is 48.5 Å². The molecule has 0 heterocycles. The van der Waals surface area contributed by atoms with Crippen LogP contribution in [0, 0.1) is 0 Å². The molecule has 2 N–H and O–H groups in total. The van der Waals surface area contributed by atoms with Gasteiger partial charge in [-0.25, -0.2) is 0 Å². The number of methoxy groups -OCH3 is 1. The Bertz CT molecular complexity index is 578. The fraction of sp³-hybridized carbons (Fsp3) is 0.316. The lowest BCUT2D eigenvalue weighted by Crippen LogP contribution is -2.38. The van der Waals surface area contributed by atoms with E-state index in [1.165, 1.54) is 5.56 Å². The van der Waals surface area contributed by atoms with Gasteiger partial charge in [0, 0.05) is 13.7 Å². The van der Waals surface area contributed by atoms with Crippen molar-refractivity contribution in [3.05, 3.63) is 71.8 Å². The van der Waals surface area contributed by atoms with Crippen LogP contribution in [-0.4, -0.2) is 32.7 Å². The van der Waals surface area contributed by atoms with Crippen molar-refractivity contribution >= 4 is 18.3 Å². The van der Waals surface area contributed by atoms with Gasteiger partial charge in [0.1, 0.15) is 0 Å². The van der Waals surface area contributed by atoms with Crippen LogP contribution in [0.1, 0.15) is 17.2 Å². The van der Waals surface area contributed by atoms with Crippen molar-refractivity contribution in [3.8, 4) is 0 Å². The molecule has 0 aromatic heterocycles. The van der Waals surface area contributed by atoms with E-state index < -0.39 is 0 Å². The summed E-state index contributed by atoms with van der Waals surface area (Å²) < 4.78 is 4.96. The van der Waals surface area contributed by atoms with E-state index in [1.54, 1.807) is 7.11 Å². The third-order valence-corrected chi connectivity index (χ3v) is 3.59. The summed E-state index contributed by atoms with van der Waals surface area (Å²) in [4.78, 5) is 12.2. The SMILES string of the molecule is COCCNCC(=O)NC(Cc1ccccc1)c1ccccc1.Cl. The van der Waals surface area contributed by atoms with Crippen LogP contribution in [0.2, 0.25) is 0 Å². The molecule has 1 atom stereocenters. The molecule has 0 radical (unpaired) electrons. The molecule has 0 spiro atoms. The van der Waals surface area contributed by atoms with Crippen LogP contribution in [-0.2, 0) is 16.0 Å². The normalized spacial score (nSPS) is 11.4. The molecule has 5 heteroatoms. The van der Waals surface area contributed by atoms with Crippen molar-refractivity contribution < 1.29 is 9.53 Å². The molecule has 2 aromatic carbocycles. The Morgan fingerprint density at radius 2 is 1.67 bits per heavy atom. The molecule has 130 valence electrons. The lowest BCUT2D eigenvalue weighted by molar-refractivity contribution is -0.121. The molecular weight excluding hydrogens is 324 g/mol. The number of hydrogen-bond acceptors (Lipinski definition) is 3. The van der Waals surface area contributed by atoms with E-state index in [0.29, 0.717) is 19.7 Å². The van der Waals surface area contributed by atoms with Crippen molar-refractivity contribution in [1.29, 1.82) is 0 Å². The van der Waals surface area contributed by atoms with Crippen LogP contribution >= 0.6 is 12.4 Å². The molecule has 0 aliphatic heterocycles. The van der Waals surface area contributed by atoms with Crippen molar-refractivity contribution in [2.75, 3.05) is 26.8 Å². The van der Waals surface area contributed by atoms with Crippen molar-refractivity contribution in [1.82, 2.24) is 10.6 Å². The van der Waals surface area contributed by atoms with Gasteiger partial charge >= 0.3 is 0 Å². The van der Waals surface area contributed by atoms with E-state index in [-0.39, 0.29) is 24.4 Å². The molecular formula is C19H25ClN2O2. The number of nitrogens with one attached hydrogen (secondary N) is 2. The second-order valence-electron chi connectivity index (χ2n) is 5.39. The zero-order chi connectivity index (χ0) is 16.3. The Hall–Kier alpha value is -1.88. The monoisotopic (exact) mass is 348 g/mol. The molecule has 2 rings (SSSR count). The van der Waals surface area contributed by atoms with Gasteiger partial charge in [-0.3, -0.25) is 4.79 Å². The summed E-state index contributed by atoms with van der Waals surface area (Å²) in [6.07, 6.45) is 0.772. The van der Waals surface area contributed by atoms with Crippen molar-refractivity contribution in [2.45, 2.75) is 12.5 Å². The highest BCUT2D eigenvalue weighted by atomic mass is 35.5. The summed E-state index contributed by atoms with van der Waals surface area (Å²) in [5.74, 6) is -0.00844. The van der Waals surface area contributed by atoms with Gasteiger partial charge in [0.05, 0.1) is 19.2 Å². The van der Waals surface area contributed by atoms with Gasteiger partial charge in [0.2, 0.25) is 5.91 Å². The molecule has 0 saturated carbocycles. The Morgan fingerprint density at radius 3 is 2.29 bits per heavy atom. The number of amides is 1. The van der Waals surface area contributed by atoms with E-state index in [0.717, 1.165) is 12.0 Å². The molecule has 2 aromatic rings. The summed E-state index contributed by atoms with van der Waals surface area (Å²) in [5.41, 5.74) is 2.32. The maximum atomic E-state index is 12.2. The summed E-state index contributed by atoms with van der Waals surface area (Å²) in [6, 6.07) is 20.2. The summed E-state index contributed by atoms with van der Waals surface area (Å²) >= 11 is 0. The third kappa shape index (κ3) is 7.13. The Morgan fingerprint density at radius 1 is 1.04 bits per heavy atom. The first-order valence-corrected chi connectivity index (χ1v) is 7.87. The summed E-state index contributed by atoms with van der Waals surface area (Å²) in [7, 11) is 1.65. The molecule has 0 bridgehead atoms. The predicted octanol–water partition coefficient (Wildman–Crippen LogP) is 2.74. The second kappa shape index (κ2) is 11.6. The first-order valence-electron chi connectivity index (χ1n) is 7.87. The smallest absolute Gasteiger partial charge is 0.234 e. The zero-order valence-electron chi connectivity index (χ0n) is 13.9. The largest absolute Gasteiger partial charge is 0.383 e. The average molecular weight is 349 g/mol. The lowest BCUT2D eigenvalue weighted by atomic mass is 9.99. The fourth-order valence-corrected chi connectivity index (χ4v) is 2.41. The highest BCUT2D eigenvalue weighted by molar-refractivity contribution is 5.85. The second-order valence-corrected chi connectivity index (χ2v) is 5.39. The van der Waals surface area contributed by atoms with Gasteiger partial charge < -0.3 is 15.4 Å². The maximum Gasteiger partial charge on any atom is 0.234 e. The summed E-state index contributed by atoms with van der Waals surface area (Å²) in [5, 5.41) is 6.19. The number of carbonyl (C=O) groups is 1. The lowest BCUT2D eigenvalue weighted by Gasteiger charge is -2.20. The average Bonchev–Trinajstić information content (AvgIpc) is 2.60. The number of halogens is 1. The minimum absolute atomic E-state index is 0. The molecule has 0 fully saturated rings. The minimum atomic E-state index is -0.0321. The molecule has 0 aliphatic rings. The van der Waals surface area contributed by atoms with Crippen LogP contribution < -0.4 is 10.6 Å². The number of rotatable bonds is 9. The van der Waals surface area contributed by atoms with Crippen LogP contribution in [0.3, 0.4) is 0 Å². The zero-order valence-corrected chi connectivity index (χ0v) is 14.7. The first kappa shape index (κ1) is 20.2. The first-order chi connectivity index (χ1) is 11.3. The quantitative estimate of drug-likeness (QED) is 0.685.